The lowest BCUT2D eigenvalue weighted by Crippen LogP contribution is -2.58. The first-order valence-corrected chi connectivity index (χ1v) is 11.2. The molecule has 4 aliphatic rings. The molecule has 0 aromatic heterocycles. The molecule has 5 heteroatoms. The highest BCUT2D eigenvalue weighted by Crippen LogP contribution is 2.44. The van der Waals surface area contributed by atoms with Crippen LogP contribution in [-0.4, -0.2) is 60.6 Å². The van der Waals surface area contributed by atoms with Gasteiger partial charge in [-0.3, -0.25) is 9.69 Å². The molecule has 0 bridgehead atoms. The van der Waals surface area contributed by atoms with E-state index >= 15 is 0 Å². The van der Waals surface area contributed by atoms with E-state index in [0.717, 1.165) is 26.1 Å². The van der Waals surface area contributed by atoms with Crippen LogP contribution < -0.4 is 10.6 Å². The molecular formula is C19H33N3OS. The molecule has 136 valence electrons. The Labute approximate surface area is 150 Å². The van der Waals surface area contributed by atoms with E-state index in [2.05, 4.69) is 27.3 Å². The monoisotopic (exact) mass is 351 g/mol. The molecule has 0 radical (unpaired) electrons. The summed E-state index contributed by atoms with van der Waals surface area (Å²) in [6.45, 7) is 5.23. The summed E-state index contributed by atoms with van der Waals surface area (Å²) in [6.07, 6.45) is 10.0. The molecule has 2 heterocycles. The number of rotatable bonds is 4. The van der Waals surface area contributed by atoms with Crippen molar-refractivity contribution in [2.24, 2.45) is 11.3 Å². The molecule has 2 aliphatic carbocycles. The minimum absolute atomic E-state index is 0.101. The van der Waals surface area contributed by atoms with Crippen molar-refractivity contribution in [3.05, 3.63) is 0 Å². The smallest absolute Gasteiger partial charge is 0.227 e. The number of amides is 1. The minimum atomic E-state index is -0.101. The molecule has 2 N–H and O–H groups in total. The van der Waals surface area contributed by atoms with E-state index in [1.807, 2.05) is 0 Å². The summed E-state index contributed by atoms with van der Waals surface area (Å²) in [5, 5.41) is 6.98. The zero-order valence-corrected chi connectivity index (χ0v) is 15.8. The third-order valence-electron chi connectivity index (χ3n) is 7.28. The van der Waals surface area contributed by atoms with Crippen LogP contribution in [0.25, 0.3) is 0 Å². The predicted molar refractivity (Wildman–Crippen MR) is 100 cm³/mol. The Kier molecular flexibility index (Phi) is 5.12. The van der Waals surface area contributed by atoms with Crippen molar-refractivity contribution in [1.82, 2.24) is 15.5 Å². The van der Waals surface area contributed by atoms with Gasteiger partial charge in [-0.1, -0.05) is 25.7 Å². The van der Waals surface area contributed by atoms with Gasteiger partial charge in [-0.2, -0.15) is 11.8 Å². The SMILES string of the molecule is O=C(NCC1(N2CCSCC2)CCCC1)[C@@]12CCCC[C@H]1CNC2. The van der Waals surface area contributed by atoms with Crippen molar-refractivity contribution < 1.29 is 4.79 Å². The molecule has 2 saturated carbocycles. The van der Waals surface area contributed by atoms with Crippen molar-refractivity contribution in [1.29, 1.82) is 0 Å². The second-order valence-corrected chi connectivity index (χ2v) is 9.67. The lowest BCUT2D eigenvalue weighted by molar-refractivity contribution is -0.134. The van der Waals surface area contributed by atoms with E-state index in [4.69, 9.17) is 0 Å². The molecule has 4 nitrogen and oxygen atoms in total. The maximum atomic E-state index is 13.2. The molecule has 4 fully saturated rings. The number of nitrogens with one attached hydrogen (secondary N) is 2. The van der Waals surface area contributed by atoms with E-state index in [9.17, 15) is 4.79 Å². The van der Waals surface area contributed by atoms with E-state index in [-0.39, 0.29) is 11.0 Å². The van der Waals surface area contributed by atoms with Crippen LogP contribution in [0.15, 0.2) is 0 Å². The molecule has 2 saturated heterocycles. The number of hydrogen-bond acceptors (Lipinski definition) is 4. The topological polar surface area (TPSA) is 44.4 Å². The Hall–Kier alpha value is -0.260. The standard InChI is InChI=1S/C19H33N3OS/c23-17(19-8-2-1-5-16(19)13-20-15-19)21-14-18(6-3-4-7-18)22-9-11-24-12-10-22/h16,20H,1-15H2,(H,21,23)/t16-,19+/m0/s1. The summed E-state index contributed by atoms with van der Waals surface area (Å²) in [6, 6.07) is 0. The molecular weight excluding hydrogens is 318 g/mol. The first-order chi connectivity index (χ1) is 11.8. The van der Waals surface area contributed by atoms with Gasteiger partial charge >= 0.3 is 0 Å². The van der Waals surface area contributed by atoms with Gasteiger partial charge in [0.15, 0.2) is 0 Å². The van der Waals surface area contributed by atoms with E-state index in [1.165, 1.54) is 69.5 Å². The van der Waals surface area contributed by atoms with Gasteiger partial charge in [0.1, 0.15) is 0 Å². The van der Waals surface area contributed by atoms with Gasteiger partial charge in [-0.25, -0.2) is 0 Å². The molecule has 0 spiro atoms. The molecule has 24 heavy (non-hydrogen) atoms. The fourth-order valence-corrected chi connectivity index (χ4v) is 6.69. The van der Waals surface area contributed by atoms with Crippen molar-refractivity contribution in [2.75, 3.05) is 44.2 Å². The third kappa shape index (κ3) is 3.01. The van der Waals surface area contributed by atoms with Gasteiger partial charge in [-0.15, -0.1) is 0 Å². The Balaban J connectivity index is 1.43. The molecule has 0 aromatic carbocycles. The highest BCUT2D eigenvalue weighted by Gasteiger charge is 2.50. The molecule has 1 amide bonds. The minimum Gasteiger partial charge on any atom is -0.354 e. The second-order valence-electron chi connectivity index (χ2n) is 8.44. The maximum Gasteiger partial charge on any atom is 0.227 e. The van der Waals surface area contributed by atoms with E-state index in [0.29, 0.717) is 11.8 Å². The first kappa shape index (κ1) is 17.2. The Bertz CT molecular complexity index is 460. The molecule has 4 rings (SSSR count). The zero-order chi connectivity index (χ0) is 16.5. The summed E-state index contributed by atoms with van der Waals surface area (Å²) in [7, 11) is 0. The van der Waals surface area contributed by atoms with Crippen LogP contribution in [0.1, 0.15) is 51.4 Å². The Morgan fingerprint density at radius 1 is 1.12 bits per heavy atom. The average Bonchev–Trinajstić information content (AvgIpc) is 3.29. The van der Waals surface area contributed by atoms with Crippen LogP contribution in [0.4, 0.5) is 0 Å². The lowest BCUT2D eigenvalue weighted by Gasteiger charge is -2.44. The van der Waals surface area contributed by atoms with Crippen molar-refractivity contribution in [3.8, 4) is 0 Å². The third-order valence-corrected chi connectivity index (χ3v) is 8.23. The van der Waals surface area contributed by atoms with Crippen LogP contribution in [0.5, 0.6) is 0 Å². The van der Waals surface area contributed by atoms with Crippen LogP contribution in [-0.2, 0) is 4.79 Å². The molecule has 0 unspecified atom stereocenters. The van der Waals surface area contributed by atoms with Crippen molar-refractivity contribution >= 4 is 17.7 Å². The number of thioether (sulfide) groups is 1. The highest BCUT2D eigenvalue weighted by atomic mass is 32.2. The largest absolute Gasteiger partial charge is 0.354 e. The fourth-order valence-electron chi connectivity index (χ4n) is 5.79. The molecule has 2 atom stereocenters. The van der Waals surface area contributed by atoms with Crippen molar-refractivity contribution in [2.45, 2.75) is 56.9 Å². The normalized spacial score (nSPS) is 36.4. The summed E-state index contributed by atoms with van der Waals surface area (Å²) in [4.78, 5) is 15.9. The second kappa shape index (κ2) is 7.16. The Morgan fingerprint density at radius 2 is 1.88 bits per heavy atom. The van der Waals surface area contributed by atoms with Crippen LogP contribution in [0.2, 0.25) is 0 Å². The first-order valence-electron chi connectivity index (χ1n) is 10.1. The molecule has 0 aromatic rings. The van der Waals surface area contributed by atoms with Crippen LogP contribution >= 0.6 is 11.8 Å². The zero-order valence-electron chi connectivity index (χ0n) is 14.9. The number of carbonyl (C=O) groups excluding carboxylic acids is 1. The summed E-state index contributed by atoms with van der Waals surface area (Å²) in [5.74, 6) is 3.43. The van der Waals surface area contributed by atoms with Gasteiger partial charge in [-0.05, 0) is 38.1 Å². The quantitative estimate of drug-likeness (QED) is 0.815. The van der Waals surface area contributed by atoms with Crippen molar-refractivity contribution in [3.63, 3.8) is 0 Å². The van der Waals surface area contributed by atoms with Crippen LogP contribution in [0.3, 0.4) is 0 Å². The van der Waals surface area contributed by atoms with E-state index < -0.39 is 0 Å². The van der Waals surface area contributed by atoms with E-state index in [1.54, 1.807) is 0 Å². The highest BCUT2D eigenvalue weighted by molar-refractivity contribution is 7.99. The van der Waals surface area contributed by atoms with Gasteiger partial charge in [0.2, 0.25) is 5.91 Å². The van der Waals surface area contributed by atoms with Gasteiger partial charge in [0, 0.05) is 43.2 Å². The summed E-state index contributed by atoms with van der Waals surface area (Å²) >= 11 is 2.08. The molecule has 2 aliphatic heterocycles. The van der Waals surface area contributed by atoms with Gasteiger partial charge < -0.3 is 10.6 Å². The predicted octanol–water partition coefficient (Wildman–Crippen LogP) is 2.24. The number of fused-ring (bicyclic) bond motifs is 1. The number of carbonyl (C=O) groups is 1. The van der Waals surface area contributed by atoms with Gasteiger partial charge in [0.05, 0.1) is 5.41 Å². The number of nitrogens with zero attached hydrogens (tertiary/aromatic N) is 1. The fraction of sp³-hybridized carbons (Fsp3) is 0.947. The lowest BCUT2D eigenvalue weighted by atomic mass is 9.67. The summed E-state index contributed by atoms with van der Waals surface area (Å²) in [5.41, 5.74) is 0.152. The van der Waals surface area contributed by atoms with Crippen LogP contribution in [0, 0.1) is 11.3 Å². The maximum absolute atomic E-state index is 13.2. The number of hydrogen-bond donors (Lipinski definition) is 2. The average molecular weight is 352 g/mol. The summed E-state index contributed by atoms with van der Waals surface area (Å²) < 4.78 is 0. The van der Waals surface area contributed by atoms with Gasteiger partial charge in [0.25, 0.3) is 0 Å². The Morgan fingerprint density at radius 3 is 2.67 bits per heavy atom.